The number of nitrogens with zero attached hydrogens (tertiary/aromatic N) is 1. The quantitative estimate of drug-likeness (QED) is 0.176. The number of fused-ring (bicyclic) bond motifs is 24. The molecular weight excluding hydrogens is 911 g/mol. The molecule has 9 aromatic carbocycles. The van der Waals surface area contributed by atoms with Crippen LogP contribution in [-0.4, -0.2) is 0 Å². The first-order valence-electron chi connectivity index (χ1n) is 27.7. The predicted molar refractivity (Wildman–Crippen MR) is 312 cm³/mol. The van der Waals surface area contributed by atoms with E-state index in [-0.39, 0.29) is 21.7 Å². The monoisotopic (exact) mass is 971 g/mol. The normalized spacial score (nSPS) is 17.7. The first-order valence-corrected chi connectivity index (χ1v) is 27.7. The van der Waals surface area contributed by atoms with Gasteiger partial charge < -0.3 is 13.7 Å². The number of furan rings is 2. The van der Waals surface area contributed by atoms with E-state index in [9.17, 15) is 0 Å². The standard InChI is InChI=1S/C72H61NO2/c1-69(2)50-29-17-12-25-44(50)61-65(69)63-57(59-48-27-15-20-32-55(48)74-67(59)61)46-36-34-41(38-52(46)71(63,5)6)73(54-31-19-14-24-43(54)40-22-10-9-11-23-40)42-35-37-47-53(39-42)72(7,8)64-58(47)60-49-28-16-21-33-56(49)75-68(60)62-45-26-13-18-30-51(45)70(3,4)66(62)64/h12-21,24-40H,9-11,22-23H2,1-8H3. The van der Waals surface area contributed by atoms with Crippen molar-refractivity contribution in [1.29, 1.82) is 0 Å². The summed E-state index contributed by atoms with van der Waals surface area (Å²) in [5.74, 6) is 0.505. The SMILES string of the molecule is CC1(C)c2ccccc2-c2c1c1c(c3c2oc2ccccc23)-c2ccc(N(c3ccc4c(c3)C(C)(C)c3c5c(c6oc7ccccc7c6c3-4)-c3ccccc3C5(C)C)c3ccccc3C3CCCCC3)cc2C1(C)C. The molecule has 0 spiro atoms. The van der Waals surface area contributed by atoms with Crippen molar-refractivity contribution in [3.63, 3.8) is 0 Å². The Kier molecular flexibility index (Phi) is 8.52. The van der Waals surface area contributed by atoms with Crippen molar-refractivity contribution in [2.45, 2.75) is 115 Å². The summed E-state index contributed by atoms with van der Waals surface area (Å²) in [5.41, 5.74) is 29.5. The van der Waals surface area contributed by atoms with E-state index in [0.717, 1.165) is 22.3 Å². The Balaban J connectivity index is 0.946. The second kappa shape index (κ2) is 14.6. The molecule has 0 atom stereocenters. The lowest BCUT2D eigenvalue weighted by atomic mass is 9.72. The summed E-state index contributed by atoms with van der Waals surface area (Å²) in [6.45, 7) is 19.7. The molecule has 16 rings (SSSR count). The van der Waals surface area contributed by atoms with Gasteiger partial charge in [0.25, 0.3) is 0 Å². The van der Waals surface area contributed by atoms with E-state index in [1.165, 1.54) is 165 Å². The van der Waals surface area contributed by atoms with Crippen LogP contribution in [-0.2, 0) is 21.7 Å². The summed E-state index contributed by atoms with van der Waals surface area (Å²) < 4.78 is 14.1. The van der Waals surface area contributed by atoms with Crippen LogP contribution in [0.15, 0.2) is 167 Å². The number of hydrogen-bond acceptors (Lipinski definition) is 3. The summed E-state index contributed by atoms with van der Waals surface area (Å²) in [5, 5.41) is 4.85. The van der Waals surface area contributed by atoms with Gasteiger partial charge in [-0.1, -0.05) is 190 Å². The summed E-state index contributed by atoms with van der Waals surface area (Å²) in [6.07, 6.45) is 6.32. The van der Waals surface area contributed by atoms with E-state index in [1.807, 2.05) is 0 Å². The van der Waals surface area contributed by atoms with E-state index in [2.05, 4.69) is 218 Å². The summed E-state index contributed by atoms with van der Waals surface area (Å²) >= 11 is 0. The number of hydrogen-bond donors (Lipinski definition) is 0. The van der Waals surface area contributed by atoms with Gasteiger partial charge in [-0.2, -0.15) is 0 Å². The highest BCUT2D eigenvalue weighted by molar-refractivity contribution is 6.22. The minimum Gasteiger partial charge on any atom is -0.455 e. The van der Waals surface area contributed by atoms with Gasteiger partial charge in [-0.05, 0) is 145 Å². The van der Waals surface area contributed by atoms with Crippen LogP contribution >= 0.6 is 0 Å². The second-order valence-electron chi connectivity index (χ2n) is 24.9. The van der Waals surface area contributed by atoms with Crippen LogP contribution in [0.5, 0.6) is 0 Å². The number of rotatable bonds is 4. The second-order valence-corrected chi connectivity index (χ2v) is 24.9. The minimum atomic E-state index is -0.323. The van der Waals surface area contributed by atoms with Crippen molar-refractivity contribution in [1.82, 2.24) is 0 Å². The third-order valence-electron chi connectivity index (χ3n) is 19.5. The van der Waals surface area contributed by atoms with Crippen LogP contribution in [0.25, 0.3) is 88.4 Å². The predicted octanol–water partition coefficient (Wildman–Crippen LogP) is 20.2. The van der Waals surface area contributed by atoms with Crippen molar-refractivity contribution in [3.8, 4) is 44.5 Å². The van der Waals surface area contributed by atoms with Crippen LogP contribution in [0, 0.1) is 0 Å². The summed E-state index contributed by atoms with van der Waals surface area (Å²) in [4.78, 5) is 2.64. The minimum absolute atomic E-state index is 0.225. The molecule has 3 heteroatoms. The number of anilines is 3. The van der Waals surface area contributed by atoms with Crippen LogP contribution in [0.3, 0.4) is 0 Å². The molecule has 0 unspecified atom stereocenters. The number of benzene rings is 9. The molecule has 1 saturated carbocycles. The van der Waals surface area contributed by atoms with Gasteiger partial charge in [-0.15, -0.1) is 0 Å². The molecule has 1 fully saturated rings. The first kappa shape index (κ1) is 43.7. The van der Waals surface area contributed by atoms with Crippen LogP contribution < -0.4 is 4.90 Å². The summed E-state index contributed by atoms with van der Waals surface area (Å²) in [6, 6.07) is 59.9. The molecule has 5 aliphatic rings. The third kappa shape index (κ3) is 5.42. The zero-order valence-corrected chi connectivity index (χ0v) is 44.4. The van der Waals surface area contributed by atoms with Gasteiger partial charge in [-0.25, -0.2) is 0 Å². The van der Waals surface area contributed by atoms with Crippen molar-refractivity contribution in [3.05, 3.63) is 208 Å². The maximum atomic E-state index is 7.06. The van der Waals surface area contributed by atoms with E-state index in [0.29, 0.717) is 5.92 Å². The molecule has 0 saturated heterocycles. The largest absolute Gasteiger partial charge is 0.455 e. The summed E-state index contributed by atoms with van der Waals surface area (Å²) in [7, 11) is 0. The lowest BCUT2D eigenvalue weighted by Gasteiger charge is -2.34. The third-order valence-corrected chi connectivity index (χ3v) is 19.5. The van der Waals surface area contributed by atoms with E-state index >= 15 is 0 Å². The molecule has 366 valence electrons. The highest BCUT2D eigenvalue weighted by Crippen LogP contribution is 2.66. The average Bonchev–Trinajstić information content (AvgIpc) is 4.40. The highest BCUT2D eigenvalue weighted by atomic mass is 16.3. The van der Waals surface area contributed by atoms with E-state index in [4.69, 9.17) is 8.83 Å². The molecule has 11 aromatic rings. The number of para-hydroxylation sites is 3. The van der Waals surface area contributed by atoms with Gasteiger partial charge in [0.15, 0.2) is 0 Å². The lowest BCUT2D eigenvalue weighted by molar-refractivity contribution is 0.444. The molecule has 75 heavy (non-hydrogen) atoms. The van der Waals surface area contributed by atoms with E-state index in [1.54, 1.807) is 0 Å². The van der Waals surface area contributed by atoms with E-state index < -0.39 is 0 Å². The lowest BCUT2D eigenvalue weighted by Crippen LogP contribution is -2.25. The Labute approximate surface area is 439 Å². The zero-order valence-electron chi connectivity index (χ0n) is 44.4. The smallest absolute Gasteiger partial charge is 0.144 e. The maximum absolute atomic E-state index is 7.06. The van der Waals surface area contributed by atoms with Crippen LogP contribution in [0.4, 0.5) is 17.1 Å². The van der Waals surface area contributed by atoms with Gasteiger partial charge in [0, 0.05) is 71.4 Å². The van der Waals surface area contributed by atoms with Crippen molar-refractivity contribution >= 4 is 60.9 Å². The Morgan fingerprint density at radius 3 is 1.29 bits per heavy atom. The molecule has 2 heterocycles. The first-order chi connectivity index (χ1) is 36.3. The molecular formula is C72H61NO2. The average molecular weight is 972 g/mol. The van der Waals surface area contributed by atoms with Crippen LogP contribution in [0.2, 0.25) is 0 Å². The Bertz CT molecular complexity index is 4100. The van der Waals surface area contributed by atoms with Gasteiger partial charge in [0.1, 0.15) is 22.3 Å². The van der Waals surface area contributed by atoms with Crippen molar-refractivity contribution in [2.75, 3.05) is 4.90 Å². The fraction of sp³-hybridized carbons (Fsp3) is 0.250. The molecule has 3 nitrogen and oxygen atoms in total. The molecule has 0 amide bonds. The molecule has 0 N–H and O–H groups in total. The Morgan fingerprint density at radius 1 is 0.387 bits per heavy atom. The molecule has 0 radical (unpaired) electrons. The van der Waals surface area contributed by atoms with Crippen LogP contribution in [0.1, 0.15) is 143 Å². The Morgan fingerprint density at radius 2 is 0.787 bits per heavy atom. The fourth-order valence-corrected chi connectivity index (χ4v) is 16.2. The van der Waals surface area contributed by atoms with Gasteiger partial charge in [0.05, 0.1) is 0 Å². The Hall–Kier alpha value is -7.62. The molecule has 0 aliphatic heterocycles. The molecule has 5 aliphatic carbocycles. The fourth-order valence-electron chi connectivity index (χ4n) is 16.2. The van der Waals surface area contributed by atoms with Gasteiger partial charge in [0.2, 0.25) is 0 Å². The van der Waals surface area contributed by atoms with Gasteiger partial charge >= 0.3 is 0 Å². The topological polar surface area (TPSA) is 29.5 Å². The molecule has 2 aromatic heterocycles. The van der Waals surface area contributed by atoms with Crippen molar-refractivity contribution in [2.24, 2.45) is 0 Å². The van der Waals surface area contributed by atoms with Gasteiger partial charge in [-0.3, -0.25) is 0 Å². The van der Waals surface area contributed by atoms with Crippen molar-refractivity contribution < 1.29 is 8.83 Å². The molecule has 0 bridgehead atoms. The maximum Gasteiger partial charge on any atom is 0.144 e. The highest BCUT2D eigenvalue weighted by Gasteiger charge is 2.51. The zero-order chi connectivity index (χ0) is 50.7.